The molecule has 0 saturated carbocycles. The molecule has 114 valence electrons. The number of hydrogen-bond acceptors (Lipinski definition) is 4. The summed E-state index contributed by atoms with van der Waals surface area (Å²) in [5.41, 5.74) is 2.37. The van der Waals surface area contributed by atoms with Gasteiger partial charge in [0.15, 0.2) is 0 Å². The van der Waals surface area contributed by atoms with Crippen molar-refractivity contribution < 1.29 is 4.74 Å². The molecule has 21 heavy (non-hydrogen) atoms. The summed E-state index contributed by atoms with van der Waals surface area (Å²) < 4.78 is 9.80. The molecule has 3 rings (SSSR count). The van der Waals surface area contributed by atoms with Gasteiger partial charge in [-0.05, 0) is 26.3 Å². The Morgan fingerprint density at radius 3 is 3.00 bits per heavy atom. The van der Waals surface area contributed by atoms with Gasteiger partial charge in [0.25, 0.3) is 0 Å². The number of rotatable bonds is 5. The Hall–Kier alpha value is -1.66. The molecule has 0 radical (unpaired) electrons. The van der Waals surface area contributed by atoms with Crippen LogP contribution in [-0.2, 0) is 18.3 Å². The van der Waals surface area contributed by atoms with Crippen molar-refractivity contribution in [2.75, 3.05) is 6.61 Å². The van der Waals surface area contributed by atoms with Gasteiger partial charge < -0.3 is 10.1 Å². The molecule has 3 atom stereocenters. The zero-order valence-electron chi connectivity index (χ0n) is 12.9. The number of aromatic nitrogens is 4. The average Bonchev–Trinajstić information content (AvgIpc) is 3.15. The van der Waals surface area contributed by atoms with E-state index in [1.165, 1.54) is 11.3 Å². The monoisotopic (exact) mass is 289 g/mol. The first-order valence-electron chi connectivity index (χ1n) is 7.48. The number of hydrogen-bond donors (Lipinski definition) is 1. The summed E-state index contributed by atoms with van der Waals surface area (Å²) in [6.45, 7) is 5.94. The third-order valence-electron chi connectivity index (χ3n) is 4.19. The van der Waals surface area contributed by atoms with Crippen LogP contribution in [0.2, 0.25) is 0 Å². The van der Waals surface area contributed by atoms with E-state index in [1.54, 1.807) is 0 Å². The lowest BCUT2D eigenvalue weighted by Crippen LogP contribution is -2.40. The Morgan fingerprint density at radius 1 is 1.48 bits per heavy atom. The maximum atomic E-state index is 5.94. The third-order valence-corrected chi connectivity index (χ3v) is 4.19. The van der Waals surface area contributed by atoms with E-state index >= 15 is 0 Å². The van der Waals surface area contributed by atoms with Crippen molar-refractivity contribution in [3.8, 4) is 0 Å². The zero-order chi connectivity index (χ0) is 14.8. The highest BCUT2D eigenvalue weighted by Gasteiger charge is 2.32. The van der Waals surface area contributed by atoms with Gasteiger partial charge >= 0.3 is 0 Å². The van der Waals surface area contributed by atoms with Crippen LogP contribution in [-0.4, -0.2) is 38.3 Å². The number of aryl methyl sites for hydroxylation is 1. The van der Waals surface area contributed by atoms with Crippen LogP contribution in [0.15, 0.2) is 24.7 Å². The van der Waals surface area contributed by atoms with Crippen LogP contribution >= 0.6 is 0 Å². The van der Waals surface area contributed by atoms with Gasteiger partial charge in [-0.2, -0.15) is 10.2 Å². The van der Waals surface area contributed by atoms with E-state index in [2.05, 4.69) is 29.4 Å². The molecule has 0 aromatic carbocycles. The fourth-order valence-corrected chi connectivity index (χ4v) is 2.97. The standard InChI is InChI=1S/C15H23N5O/c1-11(10-20-7-4-6-16-20)18-14-5-8-21-15(14)13-9-17-19(3)12(13)2/h4,6-7,9,11,14-15,18H,5,8,10H2,1-3H3/t11-,14-,15+/m0/s1. The van der Waals surface area contributed by atoms with E-state index in [9.17, 15) is 0 Å². The van der Waals surface area contributed by atoms with Crippen molar-refractivity contribution in [1.82, 2.24) is 24.9 Å². The predicted molar refractivity (Wildman–Crippen MR) is 79.9 cm³/mol. The van der Waals surface area contributed by atoms with Crippen LogP contribution in [0.5, 0.6) is 0 Å². The molecule has 1 N–H and O–H groups in total. The lowest BCUT2D eigenvalue weighted by molar-refractivity contribution is 0.0956. The first-order chi connectivity index (χ1) is 10.1. The van der Waals surface area contributed by atoms with E-state index in [0.29, 0.717) is 12.1 Å². The molecule has 0 unspecified atom stereocenters. The van der Waals surface area contributed by atoms with E-state index in [0.717, 1.165) is 19.6 Å². The highest BCUT2D eigenvalue weighted by atomic mass is 16.5. The lowest BCUT2D eigenvalue weighted by Gasteiger charge is -2.24. The highest BCUT2D eigenvalue weighted by Crippen LogP contribution is 2.31. The van der Waals surface area contributed by atoms with Crippen molar-refractivity contribution in [2.45, 2.75) is 45.0 Å². The molecule has 3 heterocycles. The molecule has 2 aromatic heterocycles. The smallest absolute Gasteiger partial charge is 0.101 e. The van der Waals surface area contributed by atoms with E-state index in [4.69, 9.17) is 4.74 Å². The molecule has 1 saturated heterocycles. The van der Waals surface area contributed by atoms with Crippen LogP contribution in [0, 0.1) is 6.92 Å². The molecular formula is C15H23N5O. The second kappa shape index (κ2) is 5.99. The second-order valence-electron chi connectivity index (χ2n) is 5.79. The van der Waals surface area contributed by atoms with Gasteiger partial charge in [-0.3, -0.25) is 9.36 Å². The Bertz CT molecular complexity index is 577. The molecule has 1 fully saturated rings. The Kier molecular flexibility index (Phi) is 4.07. The summed E-state index contributed by atoms with van der Waals surface area (Å²) in [6.07, 6.45) is 6.86. The summed E-state index contributed by atoms with van der Waals surface area (Å²) in [6, 6.07) is 2.63. The fraction of sp³-hybridized carbons (Fsp3) is 0.600. The molecular weight excluding hydrogens is 266 g/mol. The first-order valence-corrected chi connectivity index (χ1v) is 7.48. The molecule has 0 bridgehead atoms. The number of ether oxygens (including phenoxy) is 1. The average molecular weight is 289 g/mol. The van der Waals surface area contributed by atoms with Gasteiger partial charge in [-0.1, -0.05) is 0 Å². The van der Waals surface area contributed by atoms with Crippen LogP contribution in [0.1, 0.15) is 30.7 Å². The summed E-state index contributed by atoms with van der Waals surface area (Å²) in [7, 11) is 1.97. The molecule has 0 spiro atoms. The van der Waals surface area contributed by atoms with Gasteiger partial charge in [-0.25, -0.2) is 0 Å². The molecule has 1 aliphatic rings. The quantitative estimate of drug-likeness (QED) is 0.905. The maximum absolute atomic E-state index is 5.94. The van der Waals surface area contributed by atoms with Gasteiger partial charge in [-0.15, -0.1) is 0 Å². The minimum absolute atomic E-state index is 0.0961. The molecule has 6 heteroatoms. The summed E-state index contributed by atoms with van der Waals surface area (Å²) in [4.78, 5) is 0. The van der Waals surface area contributed by atoms with Gasteiger partial charge in [0.1, 0.15) is 6.10 Å². The third kappa shape index (κ3) is 3.01. The number of nitrogens with zero attached hydrogens (tertiary/aromatic N) is 4. The molecule has 2 aromatic rings. The number of nitrogens with one attached hydrogen (secondary N) is 1. The largest absolute Gasteiger partial charge is 0.372 e. The van der Waals surface area contributed by atoms with Crippen molar-refractivity contribution in [3.05, 3.63) is 35.9 Å². The van der Waals surface area contributed by atoms with Crippen molar-refractivity contribution in [1.29, 1.82) is 0 Å². The summed E-state index contributed by atoms with van der Waals surface area (Å²) in [5.74, 6) is 0. The van der Waals surface area contributed by atoms with E-state index in [-0.39, 0.29) is 6.10 Å². The van der Waals surface area contributed by atoms with Crippen LogP contribution < -0.4 is 5.32 Å². The minimum Gasteiger partial charge on any atom is -0.372 e. The van der Waals surface area contributed by atoms with Crippen LogP contribution in [0.3, 0.4) is 0 Å². The SMILES string of the molecule is Cc1c([C@H]2OCC[C@@H]2N[C@@H](C)Cn2cccn2)cnn1C. The molecule has 6 nitrogen and oxygen atoms in total. The van der Waals surface area contributed by atoms with Crippen molar-refractivity contribution >= 4 is 0 Å². The zero-order valence-corrected chi connectivity index (χ0v) is 12.9. The summed E-state index contributed by atoms with van der Waals surface area (Å²) >= 11 is 0. The normalized spacial score (nSPS) is 23.6. The topological polar surface area (TPSA) is 56.9 Å². The Morgan fingerprint density at radius 2 is 2.33 bits per heavy atom. The first kappa shape index (κ1) is 14.3. The Labute approximate surface area is 125 Å². The minimum atomic E-state index is 0.0961. The highest BCUT2D eigenvalue weighted by molar-refractivity contribution is 5.22. The van der Waals surface area contributed by atoms with E-state index < -0.39 is 0 Å². The van der Waals surface area contributed by atoms with E-state index in [1.807, 2.05) is 41.1 Å². The van der Waals surface area contributed by atoms with Crippen LogP contribution in [0.4, 0.5) is 0 Å². The van der Waals surface area contributed by atoms with Crippen LogP contribution in [0.25, 0.3) is 0 Å². The van der Waals surface area contributed by atoms with Crippen molar-refractivity contribution in [2.24, 2.45) is 7.05 Å². The van der Waals surface area contributed by atoms with Gasteiger partial charge in [0, 0.05) is 49.4 Å². The fourth-order valence-electron chi connectivity index (χ4n) is 2.97. The molecule has 0 aliphatic carbocycles. The van der Waals surface area contributed by atoms with Gasteiger partial charge in [0.05, 0.1) is 12.7 Å². The Balaban J connectivity index is 1.65. The molecule has 1 aliphatic heterocycles. The lowest BCUT2D eigenvalue weighted by atomic mass is 10.0. The maximum Gasteiger partial charge on any atom is 0.101 e. The predicted octanol–water partition coefficient (Wildman–Crippen LogP) is 1.43. The van der Waals surface area contributed by atoms with Gasteiger partial charge in [0.2, 0.25) is 0 Å². The van der Waals surface area contributed by atoms with Crippen molar-refractivity contribution in [3.63, 3.8) is 0 Å². The molecule has 0 amide bonds. The second-order valence-corrected chi connectivity index (χ2v) is 5.79. The summed E-state index contributed by atoms with van der Waals surface area (Å²) in [5, 5.41) is 12.3.